The Morgan fingerprint density at radius 2 is 2.38 bits per heavy atom. The third-order valence-corrected chi connectivity index (χ3v) is 1.02. The number of cyclic esters (lactones) is 1. The van der Waals surface area contributed by atoms with Crippen molar-refractivity contribution in [3.8, 4) is 0 Å². The van der Waals surface area contributed by atoms with E-state index in [1.807, 2.05) is 0 Å². The zero-order valence-electron chi connectivity index (χ0n) is 4.26. The first kappa shape index (κ1) is 7.99. The van der Waals surface area contributed by atoms with Gasteiger partial charge in [-0.3, -0.25) is 0 Å². The molecule has 0 aromatic heterocycles. The van der Waals surface area contributed by atoms with E-state index in [2.05, 4.69) is 4.74 Å². The van der Waals surface area contributed by atoms with Gasteiger partial charge in [-0.1, -0.05) is 0 Å². The molecule has 0 radical (unpaired) electrons. The molecule has 1 heterocycles. The van der Waals surface area contributed by atoms with Crippen LogP contribution >= 0.6 is 21.7 Å². The number of carbonyl (C=O) groups is 1. The van der Waals surface area contributed by atoms with Crippen molar-refractivity contribution in [2.24, 2.45) is 0 Å². The summed E-state index contributed by atoms with van der Waals surface area (Å²) in [5.41, 5.74) is 0. The van der Waals surface area contributed by atoms with Crippen LogP contribution in [0, 0.1) is 0 Å². The maximum Gasteiger partial charge on any atom is 0.424 e. The van der Waals surface area contributed by atoms with Gasteiger partial charge in [0.1, 0.15) is 6.61 Å². The van der Waals surface area contributed by atoms with Gasteiger partial charge in [0, 0.05) is 11.8 Å². The van der Waals surface area contributed by atoms with E-state index in [0.29, 0.717) is 13.2 Å². The minimum atomic E-state index is -0.443. The van der Waals surface area contributed by atoms with E-state index in [-0.39, 0.29) is 9.90 Å². The Labute approximate surface area is 55.7 Å². The summed E-state index contributed by atoms with van der Waals surface area (Å²) in [4.78, 5) is 10.1. The maximum atomic E-state index is 10.1. The summed E-state index contributed by atoms with van der Waals surface area (Å²) in [6.45, 7) is 0.919. The normalized spacial score (nSPS) is 17.6. The van der Waals surface area contributed by atoms with Crippen LogP contribution in [0.1, 0.15) is 0 Å². The highest BCUT2D eigenvalue weighted by molar-refractivity contribution is 6.92. The molecule has 1 unspecified atom stereocenters. The van der Waals surface area contributed by atoms with Gasteiger partial charge in [-0.15, -0.1) is 0 Å². The van der Waals surface area contributed by atoms with Crippen molar-refractivity contribution in [3.63, 3.8) is 0 Å². The molecule has 1 rings (SSSR count). The van der Waals surface area contributed by atoms with Gasteiger partial charge in [-0.2, -0.15) is 9.90 Å². The van der Waals surface area contributed by atoms with Crippen LogP contribution in [0.25, 0.3) is 0 Å². The molecule has 5 heteroatoms. The molecule has 1 atom stereocenters. The summed E-state index contributed by atoms with van der Waals surface area (Å²) < 4.78 is 5.43. The number of rotatable bonds is 0. The number of hydrogen-bond donors (Lipinski definition) is 0. The minimum Gasteiger partial charge on any atom is -0.447 e. The second-order valence-corrected chi connectivity index (χ2v) is 1.61. The summed E-state index contributed by atoms with van der Waals surface area (Å²) in [5.74, 6) is 0. The van der Waals surface area contributed by atoms with Gasteiger partial charge in [0.2, 0.25) is 0 Å². The summed E-state index contributed by atoms with van der Waals surface area (Å²) >= 11 is 5.22. The van der Waals surface area contributed by atoms with E-state index in [0.717, 1.165) is 4.42 Å². The first-order valence-corrected chi connectivity index (χ1v) is 2.24. The van der Waals surface area contributed by atoms with Crippen LogP contribution in [-0.4, -0.2) is 23.7 Å². The Kier molecular flexibility index (Phi) is 3.10. The average Bonchev–Trinajstić information content (AvgIpc) is 1.91. The molecular weight excluding hydrogens is 148 g/mol. The lowest BCUT2D eigenvalue weighted by Gasteiger charge is -1.94. The summed E-state index contributed by atoms with van der Waals surface area (Å²) in [7, 11) is 0. The van der Waals surface area contributed by atoms with Gasteiger partial charge in [-0.05, 0) is 0 Å². The fraction of sp³-hybridized carbons (Fsp3) is 0.667. The summed E-state index contributed by atoms with van der Waals surface area (Å²) in [5, 5.41) is 0. The van der Waals surface area contributed by atoms with Gasteiger partial charge in [0.05, 0.1) is 6.54 Å². The molecule has 0 spiro atoms. The molecule has 3 nitrogen and oxygen atoms in total. The van der Waals surface area contributed by atoms with Crippen molar-refractivity contribution >= 4 is 27.8 Å². The Morgan fingerprint density at radius 1 is 1.75 bits per heavy atom. The van der Waals surface area contributed by atoms with E-state index < -0.39 is 6.09 Å². The zero-order valence-corrected chi connectivity index (χ0v) is 6.43. The quantitative estimate of drug-likeness (QED) is 0.380. The summed E-state index contributed by atoms with van der Waals surface area (Å²) in [6.07, 6.45) is -0.443. The number of amides is 1. The Morgan fingerprint density at radius 3 is 2.50 bits per heavy atom. The van der Waals surface area contributed by atoms with E-state index in [1.54, 1.807) is 0 Å². The third kappa shape index (κ3) is 1.49. The van der Waals surface area contributed by atoms with Crippen LogP contribution in [0.2, 0.25) is 0 Å². The van der Waals surface area contributed by atoms with E-state index in [4.69, 9.17) is 11.8 Å². The van der Waals surface area contributed by atoms with Gasteiger partial charge < -0.3 is 4.74 Å². The first-order valence-electron chi connectivity index (χ1n) is 1.91. The second-order valence-electron chi connectivity index (χ2n) is 1.20. The second kappa shape index (κ2) is 3.10. The monoisotopic (exact) mass is 155 g/mol. The smallest absolute Gasteiger partial charge is 0.424 e. The van der Waals surface area contributed by atoms with Crippen LogP contribution in [0.5, 0.6) is 0 Å². The van der Waals surface area contributed by atoms with Gasteiger partial charge >= 0.3 is 6.09 Å². The van der Waals surface area contributed by atoms with Crippen LogP contribution in [0.4, 0.5) is 4.79 Å². The van der Waals surface area contributed by atoms with E-state index in [9.17, 15) is 4.79 Å². The number of halogens is 1. The van der Waals surface area contributed by atoms with Crippen molar-refractivity contribution < 1.29 is 9.53 Å². The fourth-order valence-electron chi connectivity index (χ4n) is 0.374. The van der Waals surface area contributed by atoms with E-state index >= 15 is 0 Å². The van der Waals surface area contributed by atoms with Gasteiger partial charge in [0.15, 0.2) is 0 Å². The Balaban J connectivity index is 0.000000490. The molecule has 0 aromatic rings. The predicted octanol–water partition coefficient (Wildman–Crippen LogP) is 0.650. The van der Waals surface area contributed by atoms with Crippen molar-refractivity contribution in [2.45, 2.75) is 0 Å². The number of nitrogens with zero attached hydrogens (tertiary/aromatic N) is 1. The molecule has 0 bridgehead atoms. The SMILES string of the molecule is O=C1OCCN1Cl.P. The molecular formula is C3H7ClNO2P. The van der Waals surface area contributed by atoms with E-state index in [1.165, 1.54) is 0 Å². The van der Waals surface area contributed by atoms with Gasteiger partial charge in [0.25, 0.3) is 0 Å². The lowest BCUT2D eigenvalue weighted by Crippen LogP contribution is -2.10. The van der Waals surface area contributed by atoms with Crippen LogP contribution in [0.15, 0.2) is 0 Å². The molecule has 1 saturated heterocycles. The topological polar surface area (TPSA) is 29.5 Å². The van der Waals surface area contributed by atoms with Crippen molar-refractivity contribution in [3.05, 3.63) is 0 Å². The highest BCUT2D eigenvalue weighted by Gasteiger charge is 2.18. The highest BCUT2D eigenvalue weighted by atomic mass is 35.5. The maximum absolute atomic E-state index is 10.1. The van der Waals surface area contributed by atoms with Crippen LogP contribution < -0.4 is 0 Å². The first-order chi connectivity index (χ1) is 3.30. The Bertz CT molecular complexity index is 99.3. The lowest BCUT2D eigenvalue weighted by molar-refractivity contribution is 0.170. The molecule has 0 saturated carbocycles. The van der Waals surface area contributed by atoms with Gasteiger partial charge in [-0.25, -0.2) is 9.21 Å². The molecule has 0 aromatic carbocycles. The molecule has 1 aliphatic rings. The number of ether oxygens (including phenoxy) is 1. The summed E-state index contributed by atoms with van der Waals surface area (Å²) in [6, 6.07) is 0. The Hall–Kier alpha value is -0.0100. The molecule has 48 valence electrons. The zero-order chi connectivity index (χ0) is 5.28. The van der Waals surface area contributed by atoms with Crippen LogP contribution in [-0.2, 0) is 4.74 Å². The standard InChI is InChI=1S/C3H4ClNO2.H3P/c4-5-1-2-7-3(5)6;/h1-2H2;1H3. The molecule has 1 amide bonds. The molecule has 0 N–H and O–H groups in total. The fourth-order valence-corrected chi connectivity index (χ4v) is 0.492. The van der Waals surface area contributed by atoms with Crippen molar-refractivity contribution in [1.82, 2.24) is 4.42 Å². The predicted molar refractivity (Wildman–Crippen MR) is 35.0 cm³/mol. The third-order valence-electron chi connectivity index (χ3n) is 0.711. The molecule has 1 fully saturated rings. The average molecular weight is 156 g/mol. The highest BCUT2D eigenvalue weighted by Crippen LogP contribution is 2.04. The largest absolute Gasteiger partial charge is 0.447 e. The van der Waals surface area contributed by atoms with Crippen LogP contribution in [0.3, 0.4) is 0 Å². The molecule has 1 aliphatic heterocycles. The number of hydrogen-bond acceptors (Lipinski definition) is 2. The molecule has 0 aliphatic carbocycles. The molecule has 8 heavy (non-hydrogen) atoms. The van der Waals surface area contributed by atoms with Crippen molar-refractivity contribution in [1.29, 1.82) is 0 Å². The van der Waals surface area contributed by atoms with Crippen molar-refractivity contribution in [2.75, 3.05) is 13.2 Å². The lowest BCUT2D eigenvalue weighted by atomic mass is 10.7. The number of carbonyl (C=O) groups excluding carboxylic acids is 1. The minimum absolute atomic E-state index is 0.